The molecule has 3 aliphatic rings. The number of hydrogen-bond donors (Lipinski definition) is 0. The van der Waals surface area contributed by atoms with Gasteiger partial charge in [0.2, 0.25) is 0 Å². The first-order valence-corrected chi connectivity index (χ1v) is 4.16. The molecule has 3 rings (SSSR count). The van der Waals surface area contributed by atoms with Gasteiger partial charge in [0.1, 0.15) is 23.7 Å². The highest BCUT2D eigenvalue weighted by molar-refractivity contribution is 5.22. The fraction of sp³-hybridized carbons (Fsp3) is 0.556. The van der Waals surface area contributed by atoms with Gasteiger partial charge in [-0.1, -0.05) is 0 Å². The third-order valence-corrected chi connectivity index (χ3v) is 2.37. The molecule has 11 heavy (non-hydrogen) atoms. The highest BCUT2D eigenvalue weighted by atomic mass is 16.6. The molecule has 0 radical (unpaired) electrons. The van der Waals surface area contributed by atoms with Crippen LogP contribution in [0.2, 0.25) is 0 Å². The summed E-state index contributed by atoms with van der Waals surface area (Å²) in [7, 11) is 0. The highest BCUT2D eigenvalue weighted by Gasteiger charge is 2.38. The van der Waals surface area contributed by atoms with Crippen molar-refractivity contribution in [2.75, 3.05) is 0 Å². The van der Waals surface area contributed by atoms with Crippen LogP contribution in [-0.2, 0) is 9.47 Å². The molecule has 2 nitrogen and oxygen atoms in total. The van der Waals surface area contributed by atoms with Gasteiger partial charge >= 0.3 is 0 Å². The van der Waals surface area contributed by atoms with Gasteiger partial charge < -0.3 is 9.47 Å². The minimum Gasteiger partial charge on any atom is -0.467 e. The number of fused-ring (bicyclic) bond motifs is 3. The van der Waals surface area contributed by atoms with E-state index in [0.29, 0.717) is 12.2 Å². The van der Waals surface area contributed by atoms with Gasteiger partial charge in [0, 0.05) is 12.8 Å². The van der Waals surface area contributed by atoms with Crippen LogP contribution in [0.4, 0.5) is 0 Å². The molecule has 0 unspecified atom stereocenters. The first-order chi connectivity index (χ1) is 5.42. The fourth-order valence-electron chi connectivity index (χ4n) is 1.71. The van der Waals surface area contributed by atoms with Crippen LogP contribution >= 0.6 is 0 Å². The molecule has 2 saturated heterocycles. The van der Waals surface area contributed by atoms with Crippen molar-refractivity contribution in [2.45, 2.75) is 31.5 Å². The third kappa shape index (κ3) is 0.897. The van der Waals surface area contributed by atoms with Crippen molar-refractivity contribution in [1.29, 1.82) is 0 Å². The van der Waals surface area contributed by atoms with E-state index in [1.54, 1.807) is 0 Å². The third-order valence-electron chi connectivity index (χ3n) is 2.37. The van der Waals surface area contributed by atoms with E-state index in [9.17, 15) is 0 Å². The second kappa shape index (κ2) is 1.89. The molecular weight excluding hydrogens is 140 g/mol. The standard InChI is InChI=1S/C9H10O2/c1-2-6-4-8-9(11-8)5-7(3-1)10-6/h4-5,8-9H,1-3H2/t8-,9+. The minimum absolute atomic E-state index is 0.334. The Morgan fingerprint density at radius 2 is 1.73 bits per heavy atom. The van der Waals surface area contributed by atoms with Crippen LogP contribution in [0, 0.1) is 0 Å². The van der Waals surface area contributed by atoms with Crippen LogP contribution in [0.3, 0.4) is 0 Å². The Morgan fingerprint density at radius 1 is 1.09 bits per heavy atom. The molecule has 0 amide bonds. The summed E-state index contributed by atoms with van der Waals surface area (Å²) in [5, 5.41) is 0. The lowest BCUT2D eigenvalue weighted by Gasteiger charge is -2.17. The molecule has 3 aliphatic heterocycles. The molecule has 0 aromatic carbocycles. The van der Waals surface area contributed by atoms with Crippen LogP contribution in [0.25, 0.3) is 0 Å². The highest BCUT2D eigenvalue weighted by Crippen LogP contribution is 2.36. The Hall–Kier alpha value is -0.760. The van der Waals surface area contributed by atoms with Gasteiger partial charge in [-0.15, -0.1) is 0 Å². The molecule has 2 bridgehead atoms. The quantitative estimate of drug-likeness (QED) is 0.490. The van der Waals surface area contributed by atoms with E-state index in [-0.39, 0.29) is 0 Å². The second-order valence-corrected chi connectivity index (χ2v) is 3.29. The van der Waals surface area contributed by atoms with Crippen LogP contribution in [0.5, 0.6) is 0 Å². The summed E-state index contributed by atoms with van der Waals surface area (Å²) in [6.07, 6.45) is 8.31. The van der Waals surface area contributed by atoms with Crippen LogP contribution < -0.4 is 0 Å². The summed E-state index contributed by atoms with van der Waals surface area (Å²) in [5.41, 5.74) is 0. The Kier molecular flexibility index (Phi) is 1.00. The number of hydrogen-bond acceptors (Lipinski definition) is 2. The Balaban J connectivity index is 2.00. The van der Waals surface area contributed by atoms with E-state index >= 15 is 0 Å². The summed E-state index contributed by atoms with van der Waals surface area (Å²) in [5.74, 6) is 2.24. The molecule has 2 heteroatoms. The van der Waals surface area contributed by atoms with Gasteiger partial charge in [-0.3, -0.25) is 0 Å². The zero-order valence-corrected chi connectivity index (χ0v) is 6.25. The Labute approximate surface area is 65.5 Å². The van der Waals surface area contributed by atoms with Crippen molar-refractivity contribution in [3.05, 3.63) is 23.7 Å². The van der Waals surface area contributed by atoms with Crippen molar-refractivity contribution in [2.24, 2.45) is 0 Å². The first-order valence-electron chi connectivity index (χ1n) is 4.16. The normalized spacial score (nSPS) is 39.3. The molecule has 2 fully saturated rings. The van der Waals surface area contributed by atoms with E-state index in [0.717, 1.165) is 24.4 Å². The SMILES string of the molecule is C1=C2CCCC(=C[C@H]3O[C@@H]13)O2. The number of rotatable bonds is 0. The molecular formula is C9H10O2. The maximum atomic E-state index is 5.59. The average molecular weight is 150 g/mol. The Morgan fingerprint density at radius 3 is 2.36 bits per heavy atom. The monoisotopic (exact) mass is 150 g/mol. The summed E-state index contributed by atoms with van der Waals surface area (Å²) in [4.78, 5) is 0. The molecule has 0 aliphatic carbocycles. The van der Waals surface area contributed by atoms with E-state index in [4.69, 9.17) is 9.47 Å². The van der Waals surface area contributed by atoms with Gasteiger partial charge in [-0.05, 0) is 18.6 Å². The van der Waals surface area contributed by atoms with E-state index in [1.165, 1.54) is 6.42 Å². The van der Waals surface area contributed by atoms with Crippen molar-refractivity contribution in [1.82, 2.24) is 0 Å². The zero-order chi connectivity index (χ0) is 7.26. The molecule has 58 valence electrons. The van der Waals surface area contributed by atoms with E-state index in [1.807, 2.05) is 0 Å². The fourth-order valence-corrected chi connectivity index (χ4v) is 1.71. The zero-order valence-electron chi connectivity index (χ0n) is 6.25. The smallest absolute Gasteiger partial charge is 0.110 e. The molecule has 0 saturated carbocycles. The maximum Gasteiger partial charge on any atom is 0.110 e. The molecule has 0 spiro atoms. The summed E-state index contributed by atoms with van der Waals surface area (Å²) < 4.78 is 11.0. The van der Waals surface area contributed by atoms with Crippen molar-refractivity contribution < 1.29 is 9.47 Å². The Bertz CT molecular complexity index is 228. The van der Waals surface area contributed by atoms with Gasteiger partial charge in [-0.25, -0.2) is 0 Å². The van der Waals surface area contributed by atoms with Crippen molar-refractivity contribution in [3.63, 3.8) is 0 Å². The molecule has 0 aromatic heterocycles. The predicted octanol–water partition coefficient (Wildman–Crippen LogP) is 1.74. The van der Waals surface area contributed by atoms with Gasteiger partial charge in [0.25, 0.3) is 0 Å². The van der Waals surface area contributed by atoms with Gasteiger partial charge in [0.05, 0.1) is 0 Å². The lowest BCUT2D eigenvalue weighted by Crippen LogP contribution is -2.01. The van der Waals surface area contributed by atoms with Crippen LogP contribution in [-0.4, -0.2) is 12.2 Å². The van der Waals surface area contributed by atoms with Gasteiger partial charge in [-0.2, -0.15) is 0 Å². The molecule has 2 atom stereocenters. The first kappa shape index (κ1) is 5.84. The minimum atomic E-state index is 0.334. The number of ether oxygens (including phenoxy) is 2. The lowest BCUT2D eigenvalue weighted by molar-refractivity contribution is 0.235. The average Bonchev–Trinajstić information content (AvgIpc) is 2.67. The van der Waals surface area contributed by atoms with Crippen LogP contribution in [0.15, 0.2) is 23.7 Å². The molecule has 0 aromatic rings. The predicted molar refractivity (Wildman–Crippen MR) is 39.8 cm³/mol. The summed E-state index contributed by atoms with van der Waals surface area (Å²) >= 11 is 0. The topological polar surface area (TPSA) is 21.8 Å². The van der Waals surface area contributed by atoms with Crippen molar-refractivity contribution in [3.8, 4) is 0 Å². The maximum absolute atomic E-state index is 5.59. The number of epoxide rings is 1. The van der Waals surface area contributed by atoms with Crippen LogP contribution in [0.1, 0.15) is 19.3 Å². The lowest BCUT2D eigenvalue weighted by atomic mass is 10.1. The largest absolute Gasteiger partial charge is 0.467 e. The number of allylic oxidation sites excluding steroid dienone is 2. The summed E-state index contributed by atoms with van der Waals surface area (Å²) in [6, 6.07) is 0. The van der Waals surface area contributed by atoms with E-state index < -0.39 is 0 Å². The van der Waals surface area contributed by atoms with Crippen molar-refractivity contribution >= 4 is 0 Å². The van der Waals surface area contributed by atoms with Gasteiger partial charge in [0.15, 0.2) is 0 Å². The molecule has 3 heterocycles. The second-order valence-electron chi connectivity index (χ2n) is 3.29. The van der Waals surface area contributed by atoms with E-state index in [2.05, 4.69) is 12.2 Å². The molecule has 0 N–H and O–H groups in total. The summed E-state index contributed by atoms with van der Waals surface area (Å²) in [6.45, 7) is 0.